The zero-order valence-corrected chi connectivity index (χ0v) is 18.2. The molecule has 1 amide bonds. The molecule has 1 aliphatic carbocycles. The molecule has 166 valence electrons. The van der Waals surface area contributed by atoms with E-state index in [9.17, 15) is 4.79 Å². The lowest BCUT2D eigenvalue weighted by Gasteiger charge is -2.34. The van der Waals surface area contributed by atoms with Crippen molar-refractivity contribution in [2.24, 2.45) is 0 Å². The highest BCUT2D eigenvalue weighted by atomic mass is 16.2. The van der Waals surface area contributed by atoms with Crippen LogP contribution in [0.2, 0.25) is 0 Å². The average molecular weight is 432 g/mol. The van der Waals surface area contributed by atoms with Gasteiger partial charge in [0.05, 0.1) is 24.1 Å². The molecule has 1 saturated heterocycles. The van der Waals surface area contributed by atoms with Gasteiger partial charge in [-0.2, -0.15) is 5.10 Å². The SMILES string of the molecule is O=C(CN1CCN(c2cnccn2)CC1)Nc1cc(C2CCCC2)nn1-c1ccccc1. The van der Waals surface area contributed by atoms with Gasteiger partial charge < -0.3 is 10.2 Å². The molecule has 0 radical (unpaired) electrons. The first-order chi connectivity index (χ1) is 15.8. The minimum Gasteiger partial charge on any atom is -0.353 e. The number of nitrogens with zero attached hydrogens (tertiary/aromatic N) is 6. The van der Waals surface area contributed by atoms with E-state index in [2.05, 4.69) is 31.2 Å². The number of hydrogen-bond acceptors (Lipinski definition) is 6. The van der Waals surface area contributed by atoms with Crippen LogP contribution in [0.1, 0.15) is 37.3 Å². The Hall–Kier alpha value is -3.26. The highest BCUT2D eigenvalue weighted by molar-refractivity contribution is 5.91. The summed E-state index contributed by atoms with van der Waals surface area (Å²) in [6, 6.07) is 12.1. The molecule has 3 aromatic rings. The average Bonchev–Trinajstić information content (AvgIpc) is 3.51. The topological polar surface area (TPSA) is 79.2 Å². The molecule has 2 fully saturated rings. The van der Waals surface area contributed by atoms with Gasteiger partial charge in [0, 0.05) is 50.6 Å². The van der Waals surface area contributed by atoms with Crippen LogP contribution in [-0.4, -0.2) is 63.3 Å². The maximum absolute atomic E-state index is 12.9. The van der Waals surface area contributed by atoms with Gasteiger partial charge in [-0.05, 0) is 25.0 Å². The molecule has 1 aliphatic heterocycles. The molecule has 32 heavy (non-hydrogen) atoms. The van der Waals surface area contributed by atoms with Crippen molar-refractivity contribution in [2.45, 2.75) is 31.6 Å². The fourth-order valence-electron chi connectivity index (χ4n) is 4.65. The van der Waals surface area contributed by atoms with Gasteiger partial charge in [0.25, 0.3) is 0 Å². The largest absolute Gasteiger partial charge is 0.353 e. The van der Waals surface area contributed by atoms with Crippen LogP contribution in [0.25, 0.3) is 5.69 Å². The van der Waals surface area contributed by atoms with Crippen molar-refractivity contribution in [3.05, 3.63) is 60.7 Å². The molecule has 2 aromatic heterocycles. The van der Waals surface area contributed by atoms with Crippen LogP contribution in [0, 0.1) is 0 Å². The van der Waals surface area contributed by atoms with Crippen LogP contribution in [-0.2, 0) is 4.79 Å². The van der Waals surface area contributed by atoms with Gasteiger partial charge in [0.1, 0.15) is 11.6 Å². The number of hydrogen-bond donors (Lipinski definition) is 1. The van der Waals surface area contributed by atoms with Crippen LogP contribution in [0.3, 0.4) is 0 Å². The zero-order valence-electron chi connectivity index (χ0n) is 18.2. The number of anilines is 2. The predicted octanol–water partition coefficient (Wildman–Crippen LogP) is 3.08. The van der Waals surface area contributed by atoms with Crippen molar-refractivity contribution >= 4 is 17.5 Å². The molecule has 3 heterocycles. The highest BCUT2D eigenvalue weighted by Crippen LogP contribution is 2.35. The van der Waals surface area contributed by atoms with Crippen LogP contribution in [0.15, 0.2) is 55.0 Å². The molecule has 0 atom stereocenters. The summed E-state index contributed by atoms with van der Waals surface area (Å²) in [5.74, 6) is 2.13. The summed E-state index contributed by atoms with van der Waals surface area (Å²) in [7, 11) is 0. The second kappa shape index (κ2) is 9.48. The van der Waals surface area contributed by atoms with Crippen LogP contribution in [0.4, 0.5) is 11.6 Å². The van der Waals surface area contributed by atoms with E-state index in [0.717, 1.165) is 49.2 Å². The lowest BCUT2D eigenvalue weighted by atomic mass is 10.0. The van der Waals surface area contributed by atoms with Crippen LogP contribution >= 0.6 is 0 Å². The Balaban J connectivity index is 1.24. The molecule has 0 bridgehead atoms. The van der Waals surface area contributed by atoms with E-state index in [1.807, 2.05) is 35.0 Å². The Morgan fingerprint density at radius 1 is 1.03 bits per heavy atom. The molecule has 1 aromatic carbocycles. The highest BCUT2D eigenvalue weighted by Gasteiger charge is 2.24. The second-order valence-electron chi connectivity index (χ2n) is 8.56. The van der Waals surface area contributed by atoms with E-state index in [1.165, 1.54) is 25.7 Å². The van der Waals surface area contributed by atoms with E-state index in [4.69, 9.17) is 5.10 Å². The number of aromatic nitrogens is 4. The summed E-state index contributed by atoms with van der Waals surface area (Å²) in [5, 5.41) is 8.00. The van der Waals surface area contributed by atoms with Gasteiger partial charge in [-0.3, -0.25) is 14.7 Å². The third-order valence-corrected chi connectivity index (χ3v) is 6.38. The molecule has 1 N–H and O–H groups in total. The molecular formula is C24H29N7O. The molecule has 8 heteroatoms. The summed E-state index contributed by atoms with van der Waals surface area (Å²) < 4.78 is 1.87. The zero-order chi connectivity index (χ0) is 21.8. The second-order valence-corrected chi connectivity index (χ2v) is 8.56. The molecule has 8 nitrogen and oxygen atoms in total. The lowest BCUT2D eigenvalue weighted by Crippen LogP contribution is -2.49. The fourth-order valence-corrected chi connectivity index (χ4v) is 4.65. The molecule has 5 rings (SSSR count). The monoisotopic (exact) mass is 431 g/mol. The third-order valence-electron chi connectivity index (χ3n) is 6.38. The third kappa shape index (κ3) is 4.65. The van der Waals surface area contributed by atoms with E-state index in [-0.39, 0.29) is 5.91 Å². The van der Waals surface area contributed by atoms with Crippen molar-refractivity contribution in [3.63, 3.8) is 0 Å². The first-order valence-corrected chi connectivity index (χ1v) is 11.4. The molecule has 1 saturated carbocycles. The van der Waals surface area contributed by atoms with Gasteiger partial charge in [-0.1, -0.05) is 31.0 Å². The van der Waals surface area contributed by atoms with E-state index in [0.29, 0.717) is 12.5 Å². The lowest BCUT2D eigenvalue weighted by molar-refractivity contribution is -0.117. The number of piperazine rings is 1. The maximum atomic E-state index is 12.9. The Morgan fingerprint density at radius 2 is 1.81 bits per heavy atom. The normalized spacial score (nSPS) is 17.6. The Labute approximate surface area is 188 Å². The standard InChI is InChI=1S/C24H29N7O/c32-24(18-29-12-14-30(15-13-29)23-17-25-10-11-26-23)27-22-16-21(19-6-4-5-7-19)28-31(22)20-8-2-1-3-9-20/h1-3,8-11,16-17,19H,4-7,12-15,18H2,(H,27,32). The summed E-state index contributed by atoms with van der Waals surface area (Å²) >= 11 is 0. The van der Waals surface area contributed by atoms with Crippen LogP contribution in [0.5, 0.6) is 0 Å². The first kappa shape index (κ1) is 20.6. The van der Waals surface area contributed by atoms with Gasteiger partial charge in [-0.25, -0.2) is 9.67 Å². The molecule has 0 unspecified atom stereocenters. The number of para-hydroxylation sites is 1. The summed E-state index contributed by atoms with van der Waals surface area (Å²) in [4.78, 5) is 25.8. The van der Waals surface area contributed by atoms with E-state index >= 15 is 0 Å². The van der Waals surface area contributed by atoms with Gasteiger partial charge in [-0.15, -0.1) is 0 Å². The van der Waals surface area contributed by atoms with Crippen molar-refractivity contribution in [1.82, 2.24) is 24.6 Å². The minimum absolute atomic E-state index is 0.00648. The van der Waals surface area contributed by atoms with Crippen molar-refractivity contribution in [1.29, 1.82) is 0 Å². The minimum atomic E-state index is -0.00648. The van der Waals surface area contributed by atoms with E-state index < -0.39 is 0 Å². The number of carbonyl (C=O) groups excluding carboxylic acids is 1. The summed E-state index contributed by atoms with van der Waals surface area (Å²) in [6.07, 6.45) is 10.0. The maximum Gasteiger partial charge on any atom is 0.239 e. The first-order valence-electron chi connectivity index (χ1n) is 11.4. The van der Waals surface area contributed by atoms with Crippen molar-refractivity contribution < 1.29 is 4.79 Å². The number of carbonyl (C=O) groups is 1. The molecule has 0 spiro atoms. The quantitative estimate of drug-likeness (QED) is 0.646. The summed E-state index contributed by atoms with van der Waals surface area (Å²) in [6.45, 7) is 3.66. The summed E-state index contributed by atoms with van der Waals surface area (Å²) in [5.41, 5.74) is 2.05. The van der Waals surface area contributed by atoms with Gasteiger partial charge in [0.15, 0.2) is 0 Å². The van der Waals surface area contributed by atoms with Crippen molar-refractivity contribution in [2.75, 3.05) is 42.9 Å². The predicted molar refractivity (Wildman–Crippen MR) is 124 cm³/mol. The Morgan fingerprint density at radius 3 is 2.53 bits per heavy atom. The number of rotatable bonds is 6. The van der Waals surface area contributed by atoms with Crippen LogP contribution < -0.4 is 10.2 Å². The van der Waals surface area contributed by atoms with Crippen molar-refractivity contribution in [3.8, 4) is 5.69 Å². The number of benzene rings is 1. The Kier molecular flexibility index (Phi) is 6.11. The molecular weight excluding hydrogens is 402 g/mol. The fraction of sp³-hybridized carbons (Fsp3) is 0.417. The molecule has 2 aliphatic rings. The van der Waals surface area contributed by atoms with Gasteiger partial charge >= 0.3 is 0 Å². The number of amides is 1. The smallest absolute Gasteiger partial charge is 0.239 e. The van der Waals surface area contributed by atoms with Gasteiger partial charge in [0.2, 0.25) is 5.91 Å². The van der Waals surface area contributed by atoms with E-state index in [1.54, 1.807) is 18.6 Å². The Bertz CT molecular complexity index is 1020. The number of nitrogens with one attached hydrogen (secondary N) is 1.